The molecule has 27 heavy (non-hydrogen) atoms. The molecule has 0 aliphatic heterocycles. The number of thioether (sulfide) groups is 1. The third kappa shape index (κ3) is 4.07. The number of hydrogen-bond acceptors (Lipinski definition) is 3. The first-order valence-electron chi connectivity index (χ1n) is 8.66. The van der Waals surface area contributed by atoms with E-state index >= 15 is 0 Å². The Kier molecular flexibility index (Phi) is 5.28. The van der Waals surface area contributed by atoms with E-state index in [0.29, 0.717) is 5.02 Å². The fraction of sp³-hybridized carbons (Fsp3) is 0.0909. The molecule has 0 spiro atoms. The number of nitrogens with zero attached hydrogens (tertiary/aromatic N) is 3. The van der Waals surface area contributed by atoms with Gasteiger partial charge in [-0.15, -0.1) is 10.2 Å². The van der Waals surface area contributed by atoms with Gasteiger partial charge in [-0.2, -0.15) is 0 Å². The van der Waals surface area contributed by atoms with E-state index in [2.05, 4.69) is 46.0 Å². The van der Waals surface area contributed by atoms with E-state index in [1.54, 1.807) is 11.8 Å². The van der Waals surface area contributed by atoms with Gasteiger partial charge in [0.25, 0.3) is 0 Å². The number of halogens is 1. The standard InChI is InChI=1S/C22H18ClN3S/c1-16-7-9-17(10-8-16)15-27-22-25-24-21(18-5-3-2-4-6-18)26(22)20-13-11-19(23)12-14-20/h2-14H,15H2,1H3. The van der Waals surface area contributed by atoms with E-state index in [4.69, 9.17) is 11.6 Å². The summed E-state index contributed by atoms with van der Waals surface area (Å²) in [6.07, 6.45) is 0. The molecule has 1 aromatic heterocycles. The van der Waals surface area contributed by atoms with E-state index in [9.17, 15) is 0 Å². The lowest BCUT2D eigenvalue weighted by Gasteiger charge is -2.10. The van der Waals surface area contributed by atoms with Gasteiger partial charge in [-0.05, 0) is 36.8 Å². The summed E-state index contributed by atoms with van der Waals surface area (Å²) >= 11 is 7.75. The molecular formula is C22H18ClN3S. The normalized spacial score (nSPS) is 10.9. The van der Waals surface area contributed by atoms with Crippen molar-refractivity contribution in [3.05, 3.63) is 95.0 Å². The summed E-state index contributed by atoms with van der Waals surface area (Å²) in [5.74, 6) is 1.66. The number of benzene rings is 3. The molecule has 0 amide bonds. The van der Waals surface area contributed by atoms with Crippen molar-refractivity contribution in [1.82, 2.24) is 14.8 Å². The fourth-order valence-electron chi connectivity index (χ4n) is 2.79. The van der Waals surface area contributed by atoms with Crippen LogP contribution in [0.5, 0.6) is 0 Å². The maximum Gasteiger partial charge on any atom is 0.196 e. The zero-order valence-corrected chi connectivity index (χ0v) is 16.4. The SMILES string of the molecule is Cc1ccc(CSc2nnc(-c3ccccc3)n2-c2ccc(Cl)cc2)cc1. The average molecular weight is 392 g/mol. The van der Waals surface area contributed by atoms with Gasteiger partial charge in [-0.1, -0.05) is 83.5 Å². The van der Waals surface area contributed by atoms with Crippen LogP contribution < -0.4 is 0 Å². The van der Waals surface area contributed by atoms with Gasteiger partial charge < -0.3 is 0 Å². The van der Waals surface area contributed by atoms with Crippen LogP contribution in [0.3, 0.4) is 0 Å². The fourth-order valence-corrected chi connectivity index (χ4v) is 3.83. The maximum absolute atomic E-state index is 6.08. The Hall–Kier alpha value is -2.56. The molecule has 0 atom stereocenters. The van der Waals surface area contributed by atoms with Crippen LogP contribution in [0.2, 0.25) is 5.02 Å². The zero-order valence-electron chi connectivity index (χ0n) is 14.8. The zero-order chi connectivity index (χ0) is 18.6. The minimum atomic E-state index is 0.710. The molecule has 0 unspecified atom stereocenters. The van der Waals surface area contributed by atoms with Crippen LogP contribution in [0.4, 0.5) is 0 Å². The lowest BCUT2D eigenvalue weighted by Crippen LogP contribution is -1.99. The minimum Gasteiger partial charge on any atom is -0.270 e. The Labute approximate surface area is 168 Å². The number of aromatic nitrogens is 3. The van der Waals surface area contributed by atoms with Crippen molar-refractivity contribution in [2.75, 3.05) is 0 Å². The highest BCUT2D eigenvalue weighted by atomic mass is 35.5. The molecule has 0 aliphatic rings. The van der Waals surface area contributed by atoms with Gasteiger partial charge in [0.1, 0.15) is 0 Å². The molecule has 1 heterocycles. The first kappa shape index (κ1) is 17.8. The Bertz CT molecular complexity index is 1030. The molecule has 3 nitrogen and oxygen atoms in total. The molecule has 0 radical (unpaired) electrons. The molecular weight excluding hydrogens is 374 g/mol. The van der Waals surface area contributed by atoms with E-state index < -0.39 is 0 Å². The number of hydrogen-bond donors (Lipinski definition) is 0. The van der Waals surface area contributed by atoms with Gasteiger partial charge in [0.05, 0.1) is 0 Å². The van der Waals surface area contributed by atoms with Crippen molar-refractivity contribution in [2.24, 2.45) is 0 Å². The molecule has 4 aromatic rings. The molecule has 0 aliphatic carbocycles. The summed E-state index contributed by atoms with van der Waals surface area (Å²) in [6.45, 7) is 2.10. The van der Waals surface area contributed by atoms with Crippen LogP contribution in [0.25, 0.3) is 17.1 Å². The monoisotopic (exact) mass is 391 g/mol. The van der Waals surface area contributed by atoms with E-state index in [1.807, 2.05) is 54.6 Å². The topological polar surface area (TPSA) is 30.7 Å². The van der Waals surface area contributed by atoms with Gasteiger partial charge in [0.2, 0.25) is 0 Å². The van der Waals surface area contributed by atoms with Crippen molar-refractivity contribution < 1.29 is 0 Å². The average Bonchev–Trinajstić information content (AvgIpc) is 3.13. The molecule has 5 heteroatoms. The third-order valence-electron chi connectivity index (χ3n) is 4.24. The van der Waals surface area contributed by atoms with Gasteiger partial charge >= 0.3 is 0 Å². The van der Waals surface area contributed by atoms with Crippen LogP contribution in [0, 0.1) is 6.92 Å². The molecule has 0 saturated carbocycles. The van der Waals surface area contributed by atoms with Gasteiger partial charge in [-0.25, -0.2) is 0 Å². The van der Waals surface area contributed by atoms with Crippen molar-refractivity contribution in [1.29, 1.82) is 0 Å². The second-order valence-electron chi connectivity index (χ2n) is 6.26. The molecule has 4 rings (SSSR count). The van der Waals surface area contributed by atoms with E-state index in [1.165, 1.54) is 11.1 Å². The second-order valence-corrected chi connectivity index (χ2v) is 7.64. The summed E-state index contributed by atoms with van der Waals surface area (Å²) in [5.41, 5.74) is 4.55. The van der Waals surface area contributed by atoms with Crippen LogP contribution in [0.15, 0.2) is 84.0 Å². The molecule has 3 aromatic carbocycles. The van der Waals surface area contributed by atoms with Crippen molar-refractivity contribution in [3.8, 4) is 17.1 Å². The van der Waals surface area contributed by atoms with E-state index in [0.717, 1.165) is 28.0 Å². The Morgan fingerprint density at radius 1 is 0.852 bits per heavy atom. The first-order chi connectivity index (χ1) is 13.2. The largest absolute Gasteiger partial charge is 0.270 e. The molecule has 0 N–H and O–H groups in total. The Morgan fingerprint density at radius 2 is 1.56 bits per heavy atom. The molecule has 0 bridgehead atoms. The van der Waals surface area contributed by atoms with Crippen molar-refractivity contribution >= 4 is 23.4 Å². The maximum atomic E-state index is 6.08. The molecule has 0 saturated heterocycles. The second kappa shape index (κ2) is 7.99. The Balaban J connectivity index is 1.71. The smallest absolute Gasteiger partial charge is 0.196 e. The van der Waals surface area contributed by atoms with Crippen LogP contribution in [0.1, 0.15) is 11.1 Å². The summed E-state index contributed by atoms with van der Waals surface area (Å²) in [7, 11) is 0. The van der Waals surface area contributed by atoms with Crippen LogP contribution in [-0.2, 0) is 5.75 Å². The highest BCUT2D eigenvalue weighted by Crippen LogP contribution is 2.30. The Morgan fingerprint density at radius 3 is 2.26 bits per heavy atom. The lowest BCUT2D eigenvalue weighted by atomic mass is 10.2. The van der Waals surface area contributed by atoms with E-state index in [-0.39, 0.29) is 0 Å². The predicted octanol–water partition coefficient (Wildman–Crippen LogP) is 6.19. The predicted molar refractivity (Wildman–Crippen MR) is 113 cm³/mol. The van der Waals surface area contributed by atoms with Gasteiger partial charge in [-0.3, -0.25) is 4.57 Å². The highest BCUT2D eigenvalue weighted by molar-refractivity contribution is 7.98. The van der Waals surface area contributed by atoms with Crippen LogP contribution >= 0.6 is 23.4 Å². The van der Waals surface area contributed by atoms with Crippen LogP contribution in [-0.4, -0.2) is 14.8 Å². The van der Waals surface area contributed by atoms with Crippen molar-refractivity contribution in [2.45, 2.75) is 17.8 Å². The highest BCUT2D eigenvalue weighted by Gasteiger charge is 2.16. The summed E-state index contributed by atoms with van der Waals surface area (Å²) in [6, 6.07) is 26.5. The number of aryl methyl sites for hydroxylation is 1. The summed E-state index contributed by atoms with van der Waals surface area (Å²) in [5, 5.41) is 10.5. The molecule has 134 valence electrons. The van der Waals surface area contributed by atoms with Gasteiger partial charge in [0, 0.05) is 22.0 Å². The summed E-state index contributed by atoms with van der Waals surface area (Å²) < 4.78 is 2.09. The quantitative estimate of drug-likeness (QED) is 0.380. The summed E-state index contributed by atoms with van der Waals surface area (Å²) in [4.78, 5) is 0. The minimum absolute atomic E-state index is 0.710. The lowest BCUT2D eigenvalue weighted by molar-refractivity contribution is 0.886. The third-order valence-corrected chi connectivity index (χ3v) is 5.49. The van der Waals surface area contributed by atoms with Gasteiger partial charge in [0.15, 0.2) is 11.0 Å². The molecule has 0 fully saturated rings. The van der Waals surface area contributed by atoms with Crippen molar-refractivity contribution in [3.63, 3.8) is 0 Å². The number of rotatable bonds is 5. The first-order valence-corrected chi connectivity index (χ1v) is 10.0.